The lowest BCUT2D eigenvalue weighted by Crippen LogP contribution is -2.18. The minimum Gasteiger partial charge on any atom is -0.368 e. The number of anilines is 1. The van der Waals surface area contributed by atoms with Crippen LogP contribution in [0.2, 0.25) is 0 Å². The van der Waals surface area contributed by atoms with Gasteiger partial charge in [-0.1, -0.05) is 0 Å². The molecule has 5 heteroatoms. The van der Waals surface area contributed by atoms with Gasteiger partial charge in [0.2, 0.25) is 0 Å². The van der Waals surface area contributed by atoms with E-state index < -0.39 is 0 Å². The quantitative estimate of drug-likeness (QED) is 0.797. The first-order valence-electron chi connectivity index (χ1n) is 5.33. The summed E-state index contributed by atoms with van der Waals surface area (Å²) in [6, 6.07) is 0. The molecule has 0 atom stereocenters. The molecule has 0 saturated carbocycles. The van der Waals surface area contributed by atoms with Gasteiger partial charge in [0.05, 0.1) is 5.39 Å². The molecule has 0 aliphatic carbocycles. The van der Waals surface area contributed by atoms with Gasteiger partial charge in [0.15, 0.2) is 0 Å². The van der Waals surface area contributed by atoms with Crippen molar-refractivity contribution in [2.24, 2.45) is 0 Å². The maximum atomic E-state index is 4.31. The SMILES string of the molecule is CNCCNc1ncnc2sc(C)c(C)c12. The van der Waals surface area contributed by atoms with E-state index in [1.807, 2.05) is 7.05 Å². The standard InChI is InChI=1S/C11H16N4S/c1-7-8(2)16-11-9(7)10(14-6-15-11)13-5-4-12-3/h6,12H,4-5H2,1-3H3,(H,13,14,15). The fraction of sp³-hybridized carbons (Fsp3) is 0.455. The van der Waals surface area contributed by atoms with Crippen molar-refractivity contribution in [2.45, 2.75) is 13.8 Å². The molecule has 0 unspecified atom stereocenters. The highest BCUT2D eigenvalue weighted by Crippen LogP contribution is 2.32. The third-order valence-corrected chi connectivity index (χ3v) is 3.75. The molecule has 86 valence electrons. The summed E-state index contributed by atoms with van der Waals surface area (Å²) < 4.78 is 0. The Kier molecular flexibility index (Phi) is 3.36. The molecule has 2 heterocycles. The van der Waals surface area contributed by atoms with Crippen LogP contribution in [-0.4, -0.2) is 30.1 Å². The normalized spacial score (nSPS) is 10.9. The van der Waals surface area contributed by atoms with Gasteiger partial charge in [-0.25, -0.2) is 9.97 Å². The molecule has 0 fully saturated rings. The summed E-state index contributed by atoms with van der Waals surface area (Å²) >= 11 is 1.73. The summed E-state index contributed by atoms with van der Waals surface area (Å²) in [6.07, 6.45) is 1.62. The summed E-state index contributed by atoms with van der Waals surface area (Å²) in [5, 5.41) is 7.61. The van der Waals surface area contributed by atoms with Crippen molar-refractivity contribution in [1.29, 1.82) is 0 Å². The second-order valence-corrected chi connectivity index (χ2v) is 4.92. The molecule has 2 aromatic heterocycles. The van der Waals surface area contributed by atoms with Gasteiger partial charge in [0.1, 0.15) is 17.0 Å². The van der Waals surface area contributed by atoms with Gasteiger partial charge in [0.25, 0.3) is 0 Å². The lowest BCUT2D eigenvalue weighted by molar-refractivity contribution is 0.822. The first kappa shape index (κ1) is 11.3. The molecule has 2 N–H and O–H groups in total. The third-order valence-electron chi connectivity index (χ3n) is 2.63. The van der Waals surface area contributed by atoms with Crippen LogP contribution in [0.4, 0.5) is 5.82 Å². The topological polar surface area (TPSA) is 49.8 Å². The monoisotopic (exact) mass is 236 g/mol. The van der Waals surface area contributed by atoms with Crippen LogP contribution in [0.25, 0.3) is 10.2 Å². The van der Waals surface area contributed by atoms with Gasteiger partial charge in [-0.2, -0.15) is 0 Å². The predicted octanol–water partition coefficient (Wildman–Crippen LogP) is 1.94. The van der Waals surface area contributed by atoms with Crippen LogP contribution < -0.4 is 10.6 Å². The van der Waals surface area contributed by atoms with Crippen LogP contribution in [0.3, 0.4) is 0 Å². The van der Waals surface area contributed by atoms with Crippen LogP contribution in [0.5, 0.6) is 0 Å². The number of fused-ring (bicyclic) bond motifs is 1. The van der Waals surface area contributed by atoms with Crippen LogP contribution in [0.1, 0.15) is 10.4 Å². The van der Waals surface area contributed by atoms with Gasteiger partial charge >= 0.3 is 0 Å². The minimum atomic E-state index is 0.872. The number of hydrogen-bond acceptors (Lipinski definition) is 5. The number of hydrogen-bond donors (Lipinski definition) is 2. The predicted molar refractivity (Wildman–Crippen MR) is 69.3 cm³/mol. The van der Waals surface area contributed by atoms with E-state index in [0.717, 1.165) is 23.7 Å². The Hall–Kier alpha value is -1.20. The van der Waals surface area contributed by atoms with E-state index in [9.17, 15) is 0 Å². The second-order valence-electron chi connectivity index (χ2n) is 3.72. The summed E-state index contributed by atoms with van der Waals surface area (Å²) in [7, 11) is 1.94. The zero-order chi connectivity index (χ0) is 11.5. The molecule has 0 aliphatic rings. The highest BCUT2D eigenvalue weighted by molar-refractivity contribution is 7.18. The maximum absolute atomic E-state index is 4.31. The molecule has 0 aromatic carbocycles. The van der Waals surface area contributed by atoms with Gasteiger partial charge in [-0.05, 0) is 26.5 Å². The molecule has 0 aliphatic heterocycles. The molecular formula is C11H16N4S. The highest BCUT2D eigenvalue weighted by atomic mass is 32.1. The van der Waals surface area contributed by atoms with Gasteiger partial charge in [-0.3, -0.25) is 0 Å². The first-order valence-corrected chi connectivity index (χ1v) is 6.15. The smallest absolute Gasteiger partial charge is 0.138 e. The number of aryl methyl sites for hydroxylation is 2. The molecule has 0 radical (unpaired) electrons. The average Bonchev–Trinajstić information content (AvgIpc) is 2.56. The molecule has 4 nitrogen and oxygen atoms in total. The van der Waals surface area contributed by atoms with Crippen molar-refractivity contribution < 1.29 is 0 Å². The van der Waals surface area contributed by atoms with Crippen molar-refractivity contribution in [1.82, 2.24) is 15.3 Å². The number of aromatic nitrogens is 2. The number of nitrogens with one attached hydrogen (secondary N) is 2. The Balaban J connectivity index is 2.36. The van der Waals surface area contributed by atoms with Crippen molar-refractivity contribution in [3.8, 4) is 0 Å². The highest BCUT2D eigenvalue weighted by Gasteiger charge is 2.10. The van der Waals surface area contributed by atoms with Crippen LogP contribution in [0, 0.1) is 13.8 Å². The number of nitrogens with zero attached hydrogens (tertiary/aromatic N) is 2. The number of rotatable bonds is 4. The first-order chi connectivity index (χ1) is 7.74. The Morgan fingerprint density at radius 3 is 2.81 bits per heavy atom. The van der Waals surface area contributed by atoms with E-state index in [4.69, 9.17) is 0 Å². The molecule has 0 amide bonds. The zero-order valence-corrected chi connectivity index (χ0v) is 10.6. The van der Waals surface area contributed by atoms with Crippen LogP contribution in [-0.2, 0) is 0 Å². The fourth-order valence-corrected chi connectivity index (χ4v) is 2.62. The number of likely N-dealkylation sites (N-methyl/N-ethyl adjacent to an activating group) is 1. The van der Waals surface area contributed by atoms with Crippen molar-refractivity contribution >= 4 is 27.4 Å². The number of thiophene rings is 1. The van der Waals surface area contributed by atoms with E-state index >= 15 is 0 Å². The largest absolute Gasteiger partial charge is 0.368 e. The molecule has 2 aromatic rings. The molecular weight excluding hydrogens is 220 g/mol. The lowest BCUT2D eigenvalue weighted by atomic mass is 10.2. The van der Waals surface area contributed by atoms with E-state index in [1.54, 1.807) is 17.7 Å². The van der Waals surface area contributed by atoms with E-state index in [-0.39, 0.29) is 0 Å². The maximum Gasteiger partial charge on any atom is 0.138 e. The van der Waals surface area contributed by atoms with Crippen LogP contribution in [0.15, 0.2) is 6.33 Å². The lowest BCUT2D eigenvalue weighted by Gasteiger charge is -2.06. The summed E-state index contributed by atoms with van der Waals surface area (Å²) in [4.78, 5) is 11.0. The van der Waals surface area contributed by atoms with Crippen LogP contribution >= 0.6 is 11.3 Å². The van der Waals surface area contributed by atoms with Crippen molar-refractivity contribution in [2.75, 3.05) is 25.5 Å². The van der Waals surface area contributed by atoms with E-state index in [2.05, 4.69) is 34.4 Å². The molecule has 0 spiro atoms. The molecule has 0 saturated heterocycles. The van der Waals surface area contributed by atoms with Gasteiger partial charge in [0, 0.05) is 18.0 Å². The third kappa shape index (κ3) is 2.01. The van der Waals surface area contributed by atoms with Crippen molar-refractivity contribution in [3.63, 3.8) is 0 Å². The average molecular weight is 236 g/mol. The molecule has 16 heavy (non-hydrogen) atoms. The minimum absolute atomic E-state index is 0.872. The Labute approximate surface area is 99.1 Å². The zero-order valence-electron chi connectivity index (χ0n) is 9.79. The summed E-state index contributed by atoms with van der Waals surface area (Å²) in [5.41, 5.74) is 1.28. The summed E-state index contributed by atoms with van der Waals surface area (Å²) in [5.74, 6) is 0.946. The van der Waals surface area contributed by atoms with Crippen molar-refractivity contribution in [3.05, 3.63) is 16.8 Å². The van der Waals surface area contributed by atoms with E-state index in [0.29, 0.717) is 0 Å². The summed E-state index contributed by atoms with van der Waals surface area (Å²) in [6.45, 7) is 6.05. The van der Waals surface area contributed by atoms with Gasteiger partial charge < -0.3 is 10.6 Å². The molecule has 0 bridgehead atoms. The Morgan fingerprint density at radius 2 is 2.06 bits per heavy atom. The second kappa shape index (κ2) is 4.76. The fourth-order valence-electron chi connectivity index (χ4n) is 1.62. The Bertz CT molecular complexity index is 492. The Morgan fingerprint density at radius 1 is 1.25 bits per heavy atom. The van der Waals surface area contributed by atoms with E-state index in [1.165, 1.54) is 15.8 Å². The molecule has 2 rings (SSSR count). The van der Waals surface area contributed by atoms with Gasteiger partial charge in [-0.15, -0.1) is 11.3 Å².